The third kappa shape index (κ3) is 1.62. The summed E-state index contributed by atoms with van der Waals surface area (Å²) in [6, 6.07) is 9.77. The van der Waals surface area contributed by atoms with Crippen molar-refractivity contribution in [3.8, 4) is 11.8 Å². The van der Waals surface area contributed by atoms with Crippen LogP contribution in [-0.2, 0) is 0 Å². The summed E-state index contributed by atoms with van der Waals surface area (Å²) >= 11 is 0. The molecule has 1 aromatic heterocycles. The van der Waals surface area contributed by atoms with Crippen LogP contribution in [-0.4, -0.2) is 9.78 Å². The summed E-state index contributed by atoms with van der Waals surface area (Å²) in [6.45, 7) is 3.91. The van der Waals surface area contributed by atoms with E-state index in [0.717, 1.165) is 16.9 Å². The van der Waals surface area contributed by atoms with Crippen molar-refractivity contribution >= 4 is 0 Å². The molecule has 1 heterocycles. The van der Waals surface area contributed by atoms with Crippen molar-refractivity contribution in [3.05, 3.63) is 47.3 Å². The lowest BCUT2D eigenvalue weighted by Gasteiger charge is -2.07. The first-order chi connectivity index (χ1) is 7.22. The summed E-state index contributed by atoms with van der Waals surface area (Å²) in [5.74, 6) is 0. The van der Waals surface area contributed by atoms with Gasteiger partial charge in [-0.25, -0.2) is 4.68 Å². The van der Waals surface area contributed by atoms with E-state index in [1.165, 1.54) is 0 Å². The molecule has 2 aromatic rings. The van der Waals surface area contributed by atoms with E-state index in [0.29, 0.717) is 5.56 Å². The van der Waals surface area contributed by atoms with Gasteiger partial charge >= 0.3 is 0 Å². The third-order valence-electron chi connectivity index (χ3n) is 2.31. The van der Waals surface area contributed by atoms with Gasteiger partial charge in [-0.3, -0.25) is 0 Å². The fourth-order valence-corrected chi connectivity index (χ4v) is 1.59. The van der Waals surface area contributed by atoms with Gasteiger partial charge in [-0.15, -0.1) is 0 Å². The van der Waals surface area contributed by atoms with Crippen molar-refractivity contribution in [1.29, 1.82) is 5.26 Å². The first kappa shape index (κ1) is 9.47. The minimum absolute atomic E-state index is 0.651. The summed E-state index contributed by atoms with van der Waals surface area (Å²) in [6.07, 6.45) is 1.87. The minimum Gasteiger partial charge on any atom is -0.239 e. The second-order valence-electron chi connectivity index (χ2n) is 3.48. The molecule has 0 fully saturated rings. The molecule has 3 heteroatoms. The Morgan fingerprint density at radius 3 is 2.67 bits per heavy atom. The number of hydrogen-bond donors (Lipinski definition) is 0. The van der Waals surface area contributed by atoms with E-state index in [4.69, 9.17) is 5.26 Å². The first-order valence-electron chi connectivity index (χ1n) is 4.75. The second kappa shape index (κ2) is 3.58. The number of hydrogen-bond acceptors (Lipinski definition) is 2. The highest BCUT2D eigenvalue weighted by atomic mass is 15.3. The van der Waals surface area contributed by atoms with Crippen LogP contribution in [0.1, 0.15) is 16.8 Å². The van der Waals surface area contributed by atoms with E-state index in [2.05, 4.69) is 11.2 Å². The van der Waals surface area contributed by atoms with Crippen molar-refractivity contribution in [1.82, 2.24) is 9.78 Å². The van der Waals surface area contributed by atoms with Crippen LogP contribution in [0, 0.1) is 25.2 Å². The summed E-state index contributed by atoms with van der Waals surface area (Å²) < 4.78 is 1.75. The number of rotatable bonds is 1. The minimum atomic E-state index is 0.651. The molecule has 0 aliphatic carbocycles. The Balaban J connectivity index is 2.67. The highest BCUT2D eigenvalue weighted by Gasteiger charge is 2.07. The van der Waals surface area contributed by atoms with Gasteiger partial charge < -0.3 is 0 Å². The zero-order valence-corrected chi connectivity index (χ0v) is 8.73. The quantitative estimate of drug-likeness (QED) is 0.704. The molecule has 0 amide bonds. The molecule has 74 valence electrons. The van der Waals surface area contributed by atoms with Crippen LogP contribution in [0.2, 0.25) is 0 Å². The first-order valence-corrected chi connectivity index (χ1v) is 4.75. The van der Waals surface area contributed by atoms with Gasteiger partial charge in [0, 0.05) is 6.20 Å². The van der Waals surface area contributed by atoms with Gasteiger partial charge in [0.05, 0.1) is 16.9 Å². The zero-order chi connectivity index (χ0) is 10.8. The second-order valence-corrected chi connectivity index (χ2v) is 3.48. The van der Waals surface area contributed by atoms with E-state index >= 15 is 0 Å². The van der Waals surface area contributed by atoms with E-state index in [1.54, 1.807) is 10.7 Å². The van der Waals surface area contributed by atoms with E-state index in [9.17, 15) is 0 Å². The van der Waals surface area contributed by atoms with Crippen molar-refractivity contribution < 1.29 is 0 Å². The van der Waals surface area contributed by atoms with Gasteiger partial charge in [-0.05, 0) is 31.5 Å². The van der Waals surface area contributed by atoms with Crippen molar-refractivity contribution in [3.63, 3.8) is 0 Å². The van der Waals surface area contributed by atoms with Crippen molar-refractivity contribution in [2.45, 2.75) is 13.8 Å². The molecule has 0 bridgehead atoms. The molecule has 0 saturated carbocycles. The number of para-hydroxylation sites is 1. The van der Waals surface area contributed by atoms with E-state index in [-0.39, 0.29) is 0 Å². The molecular weight excluding hydrogens is 186 g/mol. The lowest BCUT2D eigenvalue weighted by Crippen LogP contribution is -2.01. The van der Waals surface area contributed by atoms with Gasteiger partial charge in [0.1, 0.15) is 6.07 Å². The zero-order valence-electron chi connectivity index (χ0n) is 8.73. The van der Waals surface area contributed by atoms with Gasteiger partial charge in [0.2, 0.25) is 0 Å². The Kier molecular flexibility index (Phi) is 2.26. The highest BCUT2D eigenvalue weighted by molar-refractivity contribution is 5.53. The molecule has 0 atom stereocenters. The van der Waals surface area contributed by atoms with Gasteiger partial charge in [0.15, 0.2) is 0 Å². The maximum Gasteiger partial charge on any atom is 0.101 e. The molecule has 0 aliphatic heterocycles. The SMILES string of the molecule is Cc1ccn(-c2c(C)cccc2C#N)n1. The highest BCUT2D eigenvalue weighted by Crippen LogP contribution is 2.17. The number of aromatic nitrogens is 2. The summed E-state index contributed by atoms with van der Waals surface area (Å²) in [4.78, 5) is 0. The van der Waals surface area contributed by atoms with Crippen molar-refractivity contribution in [2.24, 2.45) is 0 Å². The van der Waals surface area contributed by atoms with Gasteiger partial charge in [-0.1, -0.05) is 12.1 Å². The Morgan fingerprint density at radius 1 is 1.27 bits per heavy atom. The fraction of sp³-hybridized carbons (Fsp3) is 0.167. The van der Waals surface area contributed by atoms with Crippen LogP contribution >= 0.6 is 0 Å². The molecule has 0 unspecified atom stereocenters. The summed E-state index contributed by atoms with van der Waals surface area (Å²) in [5, 5.41) is 13.3. The molecule has 3 nitrogen and oxygen atoms in total. The lowest BCUT2D eigenvalue weighted by atomic mass is 10.1. The molecule has 0 saturated heterocycles. The number of aryl methyl sites for hydroxylation is 2. The van der Waals surface area contributed by atoms with Crippen molar-refractivity contribution in [2.75, 3.05) is 0 Å². The molecule has 0 aliphatic rings. The van der Waals surface area contributed by atoms with Crippen LogP contribution < -0.4 is 0 Å². The normalized spacial score (nSPS) is 9.93. The standard InChI is InChI=1S/C12H11N3/c1-9-4-3-5-11(8-13)12(9)15-7-6-10(2)14-15/h3-7H,1-2H3. The van der Waals surface area contributed by atoms with Crippen LogP contribution in [0.15, 0.2) is 30.5 Å². The Morgan fingerprint density at radius 2 is 2.07 bits per heavy atom. The number of nitrogens with zero attached hydrogens (tertiary/aromatic N) is 3. The third-order valence-corrected chi connectivity index (χ3v) is 2.31. The van der Waals surface area contributed by atoms with Crippen LogP contribution in [0.3, 0.4) is 0 Å². The van der Waals surface area contributed by atoms with Gasteiger partial charge in [-0.2, -0.15) is 10.4 Å². The van der Waals surface area contributed by atoms with E-state index in [1.807, 2.05) is 38.2 Å². The number of benzene rings is 1. The van der Waals surface area contributed by atoms with E-state index < -0.39 is 0 Å². The average Bonchev–Trinajstić information content (AvgIpc) is 2.64. The average molecular weight is 197 g/mol. The molecule has 1 aromatic carbocycles. The number of nitriles is 1. The molecular formula is C12H11N3. The molecule has 15 heavy (non-hydrogen) atoms. The Bertz CT molecular complexity index is 532. The lowest BCUT2D eigenvalue weighted by molar-refractivity contribution is 0.853. The molecule has 0 spiro atoms. The van der Waals surface area contributed by atoms with Crippen LogP contribution in [0.5, 0.6) is 0 Å². The van der Waals surface area contributed by atoms with Crippen LogP contribution in [0.4, 0.5) is 0 Å². The van der Waals surface area contributed by atoms with Crippen LogP contribution in [0.25, 0.3) is 5.69 Å². The summed E-state index contributed by atoms with van der Waals surface area (Å²) in [7, 11) is 0. The Labute approximate surface area is 88.6 Å². The molecule has 2 rings (SSSR count). The summed E-state index contributed by atoms with van der Waals surface area (Å²) in [5.41, 5.74) is 3.52. The smallest absolute Gasteiger partial charge is 0.101 e. The largest absolute Gasteiger partial charge is 0.239 e. The monoisotopic (exact) mass is 197 g/mol. The molecule has 0 N–H and O–H groups in total. The maximum atomic E-state index is 9.02. The van der Waals surface area contributed by atoms with Gasteiger partial charge in [0.25, 0.3) is 0 Å². The maximum absolute atomic E-state index is 9.02. The topological polar surface area (TPSA) is 41.6 Å². The predicted octanol–water partition coefficient (Wildman–Crippen LogP) is 2.36. The Hall–Kier alpha value is -2.08. The fourth-order valence-electron chi connectivity index (χ4n) is 1.59. The predicted molar refractivity (Wildman–Crippen MR) is 57.8 cm³/mol. The molecule has 0 radical (unpaired) electrons.